The number of ether oxygens (including phenoxy) is 1. The Hall–Kier alpha value is -3.99. The van der Waals surface area contributed by atoms with Gasteiger partial charge in [0, 0.05) is 23.7 Å². The summed E-state index contributed by atoms with van der Waals surface area (Å²) in [6, 6.07) is 23.6. The van der Waals surface area contributed by atoms with Gasteiger partial charge in [0.05, 0.1) is 13.5 Å². The highest BCUT2D eigenvalue weighted by Gasteiger charge is 2.07. The smallest absolute Gasteiger partial charge is 0.229 e. The molecule has 0 saturated carbocycles. The van der Waals surface area contributed by atoms with E-state index in [0.717, 1.165) is 39.3 Å². The molecule has 2 heterocycles. The highest BCUT2D eigenvalue weighted by Crippen LogP contribution is 2.24. The van der Waals surface area contributed by atoms with Crippen molar-refractivity contribution in [1.29, 1.82) is 0 Å². The number of pyridine rings is 2. The fraction of sp³-hybridized carbons (Fsp3) is 0.115. The van der Waals surface area contributed by atoms with Crippen molar-refractivity contribution in [3.8, 4) is 28.0 Å². The van der Waals surface area contributed by atoms with Crippen LogP contribution in [0.4, 0.5) is 5.82 Å². The molecule has 0 fully saturated rings. The molecular formula is C26H23N3O2. The lowest BCUT2D eigenvalue weighted by Gasteiger charge is -2.08. The van der Waals surface area contributed by atoms with Gasteiger partial charge in [-0.3, -0.25) is 9.78 Å². The van der Waals surface area contributed by atoms with Crippen molar-refractivity contribution in [2.24, 2.45) is 0 Å². The highest BCUT2D eigenvalue weighted by molar-refractivity contribution is 5.91. The Balaban J connectivity index is 1.38. The molecule has 154 valence electrons. The Kier molecular flexibility index (Phi) is 6.03. The monoisotopic (exact) mass is 409 g/mol. The minimum atomic E-state index is -0.103. The summed E-state index contributed by atoms with van der Waals surface area (Å²) in [6.45, 7) is 1.97. The van der Waals surface area contributed by atoms with Crippen molar-refractivity contribution in [2.75, 3.05) is 12.4 Å². The summed E-state index contributed by atoms with van der Waals surface area (Å²) in [5, 5.41) is 2.86. The zero-order chi connectivity index (χ0) is 21.6. The molecule has 2 aromatic heterocycles. The van der Waals surface area contributed by atoms with Crippen LogP contribution in [0.25, 0.3) is 22.3 Å². The van der Waals surface area contributed by atoms with E-state index in [9.17, 15) is 4.79 Å². The highest BCUT2D eigenvalue weighted by atomic mass is 16.5. The Morgan fingerprint density at radius 1 is 0.871 bits per heavy atom. The molecule has 5 heteroatoms. The van der Waals surface area contributed by atoms with E-state index in [1.54, 1.807) is 19.5 Å². The van der Waals surface area contributed by atoms with E-state index < -0.39 is 0 Å². The molecule has 4 rings (SSSR count). The molecule has 1 amide bonds. The maximum atomic E-state index is 12.4. The number of carbonyl (C=O) groups excluding carboxylic acids is 1. The first-order chi connectivity index (χ1) is 15.1. The molecule has 0 aliphatic heterocycles. The van der Waals surface area contributed by atoms with Crippen molar-refractivity contribution in [3.63, 3.8) is 0 Å². The molecule has 0 unspecified atom stereocenters. The number of hydrogen-bond acceptors (Lipinski definition) is 4. The van der Waals surface area contributed by atoms with Crippen LogP contribution in [0.15, 0.2) is 85.2 Å². The number of benzene rings is 2. The van der Waals surface area contributed by atoms with Crippen LogP contribution in [0.3, 0.4) is 0 Å². The molecule has 2 aromatic carbocycles. The molecular weight excluding hydrogens is 386 g/mol. The van der Waals surface area contributed by atoms with Gasteiger partial charge in [0.15, 0.2) is 0 Å². The zero-order valence-corrected chi connectivity index (χ0v) is 17.5. The molecule has 0 aliphatic carbocycles. The van der Waals surface area contributed by atoms with Crippen LogP contribution < -0.4 is 10.1 Å². The predicted molar refractivity (Wildman–Crippen MR) is 123 cm³/mol. The van der Waals surface area contributed by atoms with Crippen molar-refractivity contribution >= 4 is 11.7 Å². The van der Waals surface area contributed by atoms with Crippen LogP contribution in [0.5, 0.6) is 5.75 Å². The van der Waals surface area contributed by atoms with E-state index in [1.165, 1.54) is 0 Å². The normalized spacial score (nSPS) is 10.5. The molecule has 0 saturated heterocycles. The maximum absolute atomic E-state index is 12.4. The first-order valence-electron chi connectivity index (χ1n) is 10.0. The summed E-state index contributed by atoms with van der Waals surface area (Å²) in [5.41, 5.74) is 6.10. The van der Waals surface area contributed by atoms with Gasteiger partial charge in [-0.15, -0.1) is 0 Å². The number of aromatic nitrogens is 2. The molecule has 0 atom stereocenters. The van der Waals surface area contributed by atoms with Crippen LogP contribution in [0, 0.1) is 6.92 Å². The molecule has 1 N–H and O–H groups in total. The second kappa shape index (κ2) is 9.22. The van der Waals surface area contributed by atoms with E-state index in [2.05, 4.69) is 15.3 Å². The number of nitrogens with one attached hydrogen (secondary N) is 1. The van der Waals surface area contributed by atoms with Gasteiger partial charge in [0.25, 0.3) is 0 Å². The van der Waals surface area contributed by atoms with Crippen LogP contribution in [-0.2, 0) is 11.2 Å². The first-order valence-corrected chi connectivity index (χ1v) is 10.0. The van der Waals surface area contributed by atoms with E-state index in [1.807, 2.05) is 79.7 Å². The molecule has 0 bridgehead atoms. The van der Waals surface area contributed by atoms with Crippen LogP contribution >= 0.6 is 0 Å². The average molecular weight is 409 g/mol. The summed E-state index contributed by atoms with van der Waals surface area (Å²) in [4.78, 5) is 21.0. The van der Waals surface area contributed by atoms with Gasteiger partial charge in [0.2, 0.25) is 5.91 Å². The van der Waals surface area contributed by atoms with Gasteiger partial charge in [-0.2, -0.15) is 0 Å². The predicted octanol–water partition coefficient (Wildman–Crippen LogP) is 5.31. The van der Waals surface area contributed by atoms with Gasteiger partial charge < -0.3 is 10.1 Å². The third-order valence-electron chi connectivity index (χ3n) is 4.98. The number of nitrogens with zero attached hydrogens (tertiary/aromatic N) is 2. The van der Waals surface area contributed by atoms with E-state index >= 15 is 0 Å². The van der Waals surface area contributed by atoms with Gasteiger partial charge >= 0.3 is 0 Å². The molecule has 31 heavy (non-hydrogen) atoms. The lowest BCUT2D eigenvalue weighted by atomic mass is 10.0. The summed E-state index contributed by atoms with van der Waals surface area (Å²) in [5.74, 6) is 1.22. The number of anilines is 1. The van der Waals surface area contributed by atoms with Gasteiger partial charge in [-0.25, -0.2) is 4.98 Å². The van der Waals surface area contributed by atoms with Crippen LogP contribution in [0.1, 0.15) is 11.3 Å². The van der Waals surface area contributed by atoms with Crippen molar-refractivity contribution in [3.05, 3.63) is 96.4 Å². The topological polar surface area (TPSA) is 64.1 Å². The van der Waals surface area contributed by atoms with Gasteiger partial charge in [0.1, 0.15) is 11.6 Å². The Morgan fingerprint density at radius 3 is 2.35 bits per heavy atom. The lowest BCUT2D eigenvalue weighted by Crippen LogP contribution is -2.15. The number of amides is 1. The average Bonchev–Trinajstić information content (AvgIpc) is 2.80. The summed E-state index contributed by atoms with van der Waals surface area (Å²) >= 11 is 0. The van der Waals surface area contributed by atoms with E-state index in [0.29, 0.717) is 5.82 Å². The Morgan fingerprint density at radius 2 is 1.65 bits per heavy atom. The largest absolute Gasteiger partial charge is 0.497 e. The SMILES string of the molecule is COc1cccc(-c2ccc(NC(=O)Cc3ccc(-c4ccnc(C)c4)cc3)nc2)c1. The molecule has 4 aromatic rings. The third-order valence-corrected chi connectivity index (χ3v) is 4.98. The van der Waals surface area contributed by atoms with Crippen molar-refractivity contribution in [2.45, 2.75) is 13.3 Å². The number of rotatable bonds is 6. The summed E-state index contributed by atoms with van der Waals surface area (Å²) in [7, 11) is 1.64. The van der Waals surface area contributed by atoms with Crippen LogP contribution in [0.2, 0.25) is 0 Å². The van der Waals surface area contributed by atoms with Gasteiger partial charge in [-0.1, -0.05) is 36.4 Å². The van der Waals surface area contributed by atoms with Gasteiger partial charge in [-0.05, 0) is 65.6 Å². The fourth-order valence-corrected chi connectivity index (χ4v) is 3.35. The zero-order valence-electron chi connectivity index (χ0n) is 17.5. The van der Waals surface area contributed by atoms with E-state index in [-0.39, 0.29) is 12.3 Å². The van der Waals surface area contributed by atoms with Crippen molar-refractivity contribution < 1.29 is 9.53 Å². The summed E-state index contributed by atoms with van der Waals surface area (Å²) < 4.78 is 5.27. The molecule has 0 aliphatic rings. The first kappa shape index (κ1) is 20.3. The Bertz CT molecular complexity index is 1190. The Labute approximate surface area is 181 Å². The summed E-state index contributed by atoms with van der Waals surface area (Å²) in [6.07, 6.45) is 3.84. The van der Waals surface area contributed by atoms with E-state index in [4.69, 9.17) is 4.74 Å². The number of methoxy groups -OCH3 is 1. The second-order valence-electron chi connectivity index (χ2n) is 7.27. The minimum Gasteiger partial charge on any atom is -0.497 e. The third kappa shape index (κ3) is 5.14. The van der Waals surface area contributed by atoms with Crippen LogP contribution in [-0.4, -0.2) is 23.0 Å². The number of hydrogen-bond donors (Lipinski definition) is 1. The molecule has 0 radical (unpaired) electrons. The minimum absolute atomic E-state index is 0.103. The maximum Gasteiger partial charge on any atom is 0.229 e. The molecule has 5 nitrogen and oxygen atoms in total. The number of aryl methyl sites for hydroxylation is 1. The fourth-order valence-electron chi connectivity index (χ4n) is 3.35. The lowest BCUT2D eigenvalue weighted by molar-refractivity contribution is -0.115. The van der Waals surface area contributed by atoms with Crippen molar-refractivity contribution in [1.82, 2.24) is 9.97 Å². The molecule has 0 spiro atoms. The number of carbonyl (C=O) groups is 1. The standard InChI is InChI=1S/C26H23N3O2/c1-18-14-22(12-13-27-18)20-8-6-19(7-9-20)15-26(30)29-25-11-10-23(17-28-25)21-4-3-5-24(16-21)31-2/h3-14,16-17H,15H2,1-2H3,(H,28,29,30). The quantitative estimate of drug-likeness (QED) is 0.469. The second-order valence-corrected chi connectivity index (χ2v) is 7.27.